The zero-order valence-corrected chi connectivity index (χ0v) is 16.9. The summed E-state index contributed by atoms with van der Waals surface area (Å²) in [5.74, 6) is 1.45. The third-order valence-electron chi connectivity index (χ3n) is 4.97. The van der Waals surface area contributed by atoms with Crippen molar-refractivity contribution in [3.8, 4) is 0 Å². The number of rotatable bonds is 8. The van der Waals surface area contributed by atoms with Gasteiger partial charge in [0.05, 0.1) is 6.10 Å². The third kappa shape index (κ3) is 5.10. The monoisotopic (exact) mass is 369 g/mol. The highest BCUT2D eigenvalue weighted by Gasteiger charge is 2.15. The molecule has 2 heterocycles. The van der Waals surface area contributed by atoms with Gasteiger partial charge in [-0.3, -0.25) is 0 Å². The lowest BCUT2D eigenvalue weighted by Crippen LogP contribution is -2.21. The second kappa shape index (κ2) is 9.04. The van der Waals surface area contributed by atoms with Crippen molar-refractivity contribution in [3.05, 3.63) is 35.5 Å². The van der Waals surface area contributed by atoms with Gasteiger partial charge in [-0.15, -0.1) is 0 Å². The number of nitrogens with one attached hydrogen (secondary N) is 2. The molecule has 146 valence electrons. The van der Waals surface area contributed by atoms with Crippen molar-refractivity contribution in [3.63, 3.8) is 0 Å². The van der Waals surface area contributed by atoms with E-state index in [-0.39, 0.29) is 6.10 Å². The average molecular weight is 370 g/mol. The summed E-state index contributed by atoms with van der Waals surface area (Å²) in [5, 5.41) is 6.76. The van der Waals surface area contributed by atoms with Gasteiger partial charge in [0.2, 0.25) is 5.95 Å². The third-order valence-corrected chi connectivity index (χ3v) is 4.97. The predicted octanol–water partition coefficient (Wildman–Crippen LogP) is 4.27. The van der Waals surface area contributed by atoms with Gasteiger partial charge >= 0.3 is 0 Å². The van der Waals surface area contributed by atoms with Crippen LogP contribution in [-0.4, -0.2) is 42.3 Å². The summed E-state index contributed by atoms with van der Waals surface area (Å²) in [6.45, 7) is 12.1. The highest BCUT2D eigenvalue weighted by atomic mass is 16.5. The Labute approximate surface area is 162 Å². The Morgan fingerprint density at radius 3 is 2.63 bits per heavy atom. The van der Waals surface area contributed by atoms with Crippen LogP contribution >= 0.6 is 0 Å². The number of aromatic nitrogens is 2. The van der Waals surface area contributed by atoms with Crippen LogP contribution in [0.2, 0.25) is 0 Å². The van der Waals surface area contributed by atoms with Gasteiger partial charge in [0, 0.05) is 49.4 Å². The first-order valence-corrected chi connectivity index (χ1v) is 9.92. The van der Waals surface area contributed by atoms with Crippen LogP contribution in [-0.2, 0) is 4.74 Å². The van der Waals surface area contributed by atoms with E-state index in [2.05, 4.69) is 64.5 Å². The van der Waals surface area contributed by atoms with E-state index in [0.29, 0.717) is 5.95 Å². The minimum atomic E-state index is 0.284. The number of nitrogens with zero attached hydrogens (tertiary/aromatic N) is 3. The van der Waals surface area contributed by atoms with Gasteiger partial charge in [-0.25, -0.2) is 4.98 Å². The largest absolute Gasteiger partial charge is 0.376 e. The molecule has 1 aliphatic heterocycles. The smallest absolute Gasteiger partial charge is 0.229 e. The first kappa shape index (κ1) is 19.4. The van der Waals surface area contributed by atoms with Crippen molar-refractivity contribution in [1.82, 2.24) is 9.97 Å². The number of aryl methyl sites for hydroxylation is 2. The molecule has 1 atom stereocenters. The summed E-state index contributed by atoms with van der Waals surface area (Å²) in [6, 6.07) is 8.43. The second-order valence-electron chi connectivity index (χ2n) is 7.03. The fourth-order valence-corrected chi connectivity index (χ4v) is 3.43. The van der Waals surface area contributed by atoms with Crippen LogP contribution in [0.5, 0.6) is 0 Å². The average Bonchev–Trinajstić information content (AvgIpc) is 3.16. The Hall–Kier alpha value is -2.34. The van der Waals surface area contributed by atoms with Crippen molar-refractivity contribution in [2.45, 2.75) is 46.6 Å². The zero-order valence-electron chi connectivity index (χ0n) is 16.9. The lowest BCUT2D eigenvalue weighted by molar-refractivity contribution is 0.120. The van der Waals surface area contributed by atoms with Crippen LogP contribution in [0.15, 0.2) is 24.3 Å². The fourth-order valence-electron chi connectivity index (χ4n) is 3.43. The van der Waals surface area contributed by atoms with E-state index in [1.165, 1.54) is 11.3 Å². The summed E-state index contributed by atoms with van der Waals surface area (Å²) in [4.78, 5) is 11.5. The molecule has 0 radical (unpaired) electrons. The maximum Gasteiger partial charge on any atom is 0.229 e. The molecule has 0 saturated carbocycles. The van der Waals surface area contributed by atoms with Gasteiger partial charge in [0.25, 0.3) is 0 Å². The first-order chi connectivity index (χ1) is 13.1. The van der Waals surface area contributed by atoms with Crippen LogP contribution in [0.3, 0.4) is 0 Å². The van der Waals surface area contributed by atoms with E-state index >= 15 is 0 Å². The molecule has 0 amide bonds. The molecule has 1 aliphatic rings. The van der Waals surface area contributed by atoms with Crippen LogP contribution in [0, 0.1) is 13.8 Å². The second-order valence-corrected chi connectivity index (χ2v) is 7.03. The maximum atomic E-state index is 5.67. The zero-order chi connectivity index (χ0) is 19.2. The molecule has 0 spiro atoms. The molecule has 1 aromatic heterocycles. The van der Waals surface area contributed by atoms with Crippen molar-refractivity contribution < 1.29 is 4.74 Å². The Balaban J connectivity index is 1.71. The standard InChI is InChI=1S/C21H31N5O/c1-5-26(6-2)17-9-10-19(15(3)12-17)24-21-23-16(4)13-20(25-21)22-14-18-8-7-11-27-18/h9-10,12-13,18H,5-8,11,14H2,1-4H3,(H2,22,23,24,25). The topological polar surface area (TPSA) is 62.3 Å². The number of anilines is 4. The summed E-state index contributed by atoms with van der Waals surface area (Å²) >= 11 is 0. The minimum absolute atomic E-state index is 0.284. The number of hydrogen-bond acceptors (Lipinski definition) is 6. The molecule has 2 N–H and O–H groups in total. The van der Waals surface area contributed by atoms with Gasteiger partial charge in [0.1, 0.15) is 5.82 Å². The van der Waals surface area contributed by atoms with Gasteiger partial charge in [0.15, 0.2) is 0 Å². The summed E-state index contributed by atoms with van der Waals surface area (Å²) in [7, 11) is 0. The first-order valence-electron chi connectivity index (χ1n) is 9.92. The number of ether oxygens (including phenoxy) is 1. The van der Waals surface area contributed by atoms with Crippen LogP contribution < -0.4 is 15.5 Å². The summed E-state index contributed by atoms with van der Waals surface area (Å²) < 4.78 is 5.67. The fraction of sp³-hybridized carbons (Fsp3) is 0.524. The SMILES string of the molecule is CCN(CC)c1ccc(Nc2nc(C)cc(NCC3CCCO3)n2)c(C)c1. The molecule has 1 unspecified atom stereocenters. The number of benzene rings is 1. The van der Waals surface area contributed by atoms with E-state index in [1.54, 1.807) is 0 Å². The van der Waals surface area contributed by atoms with Crippen molar-refractivity contribution in [2.75, 3.05) is 41.8 Å². The molecule has 0 aliphatic carbocycles. The van der Waals surface area contributed by atoms with Crippen LogP contribution in [0.4, 0.5) is 23.1 Å². The molecule has 1 saturated heterocycles. The lowest BCUT2D eigenvalue weighted by atomic mass is 10.1. The van der Waals surface area contributed by atoms with Gasteiger partial charge < -0.3 is 20.3 Å². The van der Waals surface area contributed by atoms with Crippen molar-refractivity contribution in [2.24, 2.45) is 0 Å². The molecule has 2 aromatic rings. The normalized spacial score (nSPS) is 16.4. The molecule has 3 rings (SSSR count). The predicted molar refractivity (Wildman–Crippen MR) is 112 cm³/mol. The quantitative estimate of drug-likeness (QED) is 0.724. The Morgan fingerprint density at radius 2 is 1.96 bits per heavy atom. The molecule has 0 bridgehead atoms. The Kier molecular flexibility index (Phi) is 6.50. The minimum Gasteiger partial charge on any atom is -0.376 e. The van der Waals surface area contributed by atoms with E-state index in [4.69, 9.17) is 4.74 Å². The molecular weight excluding hydrogens is 338 g/mol. The molecule has 6 heteroatoms. The Morgan fingerprint density at radius 1 is 1.15 bits per heavy atom. The van der Waals surface area contributed by atoms with Gasteiger partial charge in [-0.2, -0.15) is 4.98 Å². The molecule has 27 heavy (non-hydrogen) atoms. The summed E-state index contributed by atoms with van der Waals surface area (Å²) in [6.07, 6.45) is 2.54. The number of hydrogen-bond donors (Lipinski definition) is 2. The van der Waals surface area contributed by atoms with Gasteiger partial charge in [-0.05, 0) is 64.3 Å². The molecular formula is C21H31N5O. The Bertz CT molecular complexity index is 754. The lowest BCUT2D eigenvalue weighted by Gasteiger charge is -2.22. The molecule has 1 fully saturated rings. The van der Waals surface area contributed by atoms with Crippen molar-refractivity contribution in [1.29, 1.82) is 0 Å². The van der Waals surface area contributed by atoms with E-state index in [0.717, 1.165) is 56.3 Å². The highest BCUT2D eigenvalue weighted by Crippen LogP contribution is 2.25. The van der Waals surface area contributed by atoms with Crippen molar-refractivity contribution >= 4 is 23.1 Å². The van der Waals surface area contributed by atoms with E-state index < -0.39 is 0 Å². The molecule has 6 nitrogen and oxygen atoms in total. The van der Waals surface area contributed by atoms with Crippen LogP contribution in [0.25, 0.3) is 0 Å². The highest BCUT2D eigenvalue weighted by molar-refractivity contribution is 5.64. The van der Waals surface area contributed by atoms with E-state index in [1.807, 2.05) is 13.0 Å². The van der Waals surface area contributed by atoms with Crippen LogP contribution in [0.1, 0.15) is 37.9 Å². The van der Waals surface area contributed by atoms with Gasteiger partial charge in [-0.1, -0.05) is 0 Å². The summed E-state index contributed by atoms with van der Waals surface area (Å²) in [5.41, 5.74) is 4.38. The van der Waals surface area contributed by atoms with E-state index in [9.17, 15) is 0 Å². The maximum absolute atomic E-state index is 5.67. The molecule has 1 aromatic carbocycles.